The van der Waals surface area contributed by atoms with Gasteiger partial charge in [-0.1, -0.05) is 0 Å². The van der Waals surface area contributed by atoms with Crippen LogP contribution in [0.5, 0.6) is 0 Å². The molecule has 0 radical (unpaired) electrons. The van der Waals surface area contributed by atoms with Crippen molar-refractivity contribution in [2.45, 2.75) is 25.9 Å². The molecular weight excluding hydrogens is 300 g/mol. The first kappa shape index (κ1) is 16.8. The highest BCUT2D eigenvalue weighted by Crippen LogP contribution is 2.15. The quantitative estimate of drug-likeness (QED) is 0.811. The number of hydrogen-bond acceptors (Lipinski definition) is 5. The van der Waals surface area contributed by atoms with Crippen molar-refractivity contribution in [2.75, 3.05) is 25.5 Å². The first-order valence-corrected chi connectivity index (χ1v) is 7.48. The van der Waals surface area contributed by atoms with Gasteiger partial charge < -0.3 is 19.7 Å². The van der Waals surface area contributed by atoms with Gasteiger partial charge in [0.15, 0.2) is 0 Å². The predicted molar refractivity (Wildman–Crippen MR) is 83.2 cm³/mol. The summed E-state index contributed by atoms with van der Waals surface area (Å²) in [5, 5.41) is 2.74. The Morgan fingerprint density at radius 1 is 1.35 bits per heavy atom. The van der Waals surface area contributed by atoms with Crippen LogP contribution < -0.4 is 5.32 Å². The number of likely N-dealkylation sites (N-methyl/N-ethyl adjacent to an activating group) is 1. The standard InChI is InChI=1S/C16H20N2O5/c1-3-22-15(20)11-4-6-12(7-5-11)17-14(19)9-8-13-10-18(2)16(21)23-13/h4-7,13H,3,8-10H2,1-2H3,(H,17,19). The molecule has 2 amide bonds. The summed E-state index contributed by atoms with van der Waals surface area (Å²) in [6.07, 6.45) is 0.128. The van der Waals surface area contributed by atoms with Crippen LogP contribution in [0.4, 0.5) is 10.5 Å². The molecule has 1 unspecified atom stereocenters. The van der Waals surface area contributed by atoms with Gasteiger partial charge in [-0.2, -0.15) is 0 Å². The molecule has 1 heterocycles. The number of rotatable bonds is 6. The minimum absolute atomic E-state index is 0.167. The van der Waals surface area contributed by atoms with Gasteiger partial charge >= 0.3 is 12.1 Å². The molecular formula is C16H20N2O5. The predicted octanol–water partition coefficient (Wildman–Crippen LogP) is 2.03. The van der Waals surface area contributed by atoms with Crippen molar-refractivity contribution >= 4 is 23.7 Å². The van der Waals surface area contributed by atoms with Crippen LogP contribution in [-0.4, -0.2) is 49.2 Å². The van der Waals surface area contributed by atoms with E-state index in [1.807, 2.05) is 0 Å². The van der Waals surface area contributed by atoms with Crippen LogP contribution >= 0.6 is 0 Å². The van der Waals surface area contributed by atoms with Crippen LogP contribution in [0.2, 0.25) is 0 Å². The summed E-state index contributed by atoms with van der Waals surface area (Å²) in [5.74, 6) is -0.558. The molecule has 1 aliphatic heterocycles. The van der Waals surface area contributed by atoms with Gasteiger partial charge in [0.1, 0.15) is 6.10 Å². The van der Waals surface area contributed by atoms with Crippen LogP contribution in [0.25, 0.3) is 0 Å². The van der Waals surface area contributed by atoms with Crippen LogP contribution in [0.15, 0.2) is 24.3 Å². The van der Waals surface area contributed by atoms with Crippen molar-refractivity contribution in [3.05, 3.63) is 29.8 Å². The van der Waals surface area contributed by atoms with E-state index in [0.717, 1.165) is 0 Å². The molecule has 0 bridgehead atoms. The zero-order valence-corrected chi connectivity index (χ0v) is 13.2. The number of amides is 2. The van der Waals surface area contributed by atoms with E-state index < -0.39 is 5.97 Å². The number of esters is 1. The van der Waals surface area contributed by atoms with Gasteiger partial charge in [0.25, 0.3) is 0 Å². The molecule has 1 aliphatic rings. The summed E-state index contributed by atoms with van der Waals surface area (Å²) in [7, 11) is 1.66. The van der Waals surface area contributed by atoms with Gasteiger partial charge in [0, 0.05) is 19.2 Å². The second kappa shape index (κ2) is 7.62. The Morgan fingerprint density at radius 2 is 2.04 bits per heavy atom. The van der Waals surface area contributed by atoms with Crippen molar-refractivity contribution in [3.63, 3.8) is 0 Å². The lowest BCUT2D eigenvalue weighted by atomic mass is 10.1. The van der Waals surface area contributed by atoms with Crippen LogP contribution in [0.3, 0.4) is 0 Å². The minimum Gasteiger partial charge on any atom is -0.462 e. The Morgan fingerprint density at radius 3 is 2.61 bits per heavy atom. The summed E-state index contributed by atoms with van der Waals surface area (Å²) in [4.78, 5) is 36.1. The third-order valence-electron chi connectivity index (χ3n) is 3.43. The zero-order chi connectivity index (χ0) is 16.8. The second-order valence-corrected chi connectivity index (χ2v) is 5.27. The van der Waals surface area contributed by atoms with Gasteiger partial charge in [-0.3, -0.25) is 4.79 Å². The summed E-state index contributed by atoms with van der Waals surface area (Å²) < 4.78 is 9.98. The first-order chi connectivity index (χ1) is 11.0. The van der Waals surface area contributed by atoms with E-state index in [-0.39, 0.29) is 24.5 Å². The number of hydrogen-bond donors (Lipinski definition) is 1. The van der Waals surface area contributed by atoms with Crippen molar-refractivity contribution in [1.29, 1.82) is 0 Å². The summed E-state index contributed by atoms with van der Waals surface area (Å²) in [6, 6.07) is 6.49. The molecule has 7 heteroatoms. The maximum absolute atomic E-state index is 11.9. The number of cyclic esters (lactones) is 1. The van der Waals surface area contributed by atoms with Crippen LogP contribution in [-0.2, 0) is 14.3 Å². The lowest BCUT2D eigenvalue weighted by Gasteiger charge is -2.09. The van der Waals surface area contributed by atoms with E-state index in [2.05, 4.69) is 5.32 Å². The monoisotopic (exact) mass is 320 g/mol. The van der Waals surface area contributed by atoms with Gasteiger partial charge in [-0.05, 0) is 37.6 Å². The number of carbonyl (C=O) groups is 3. The largest absolute Gasteiger partial charge is 0.462 e. The van der Waals surface area contributed by atoms with Crippen molar-refractivity contribution in [2.24, 2.45) is 0 Å². The number of anilines is 1. The number of nitrogens with one attached hydrogen (secondary N) is 1. The average molecular weight is 320 g/mol. The average Bonchev–Trinajstić information content (AvgIpc) is 2.85. The van der Waals surface area contributed by atoms with E-state index in [9.17, 15) is 14.4 Å². The Hall–Kier alpha value is -2.57. The van der Waals surface area contributed by atoms with E-state index >= 15 is 0 Å². The molecule has 23 heavy (non-hydrogen) atoms. The second-order valence-electron chi connectivity index (χ2n) is 5.27. The molecule has 2 rings (SSSR count). The summed E-state index contributed by atoms with van der Waals surface area (Å²) in [6.45, 7) is 2.56. The molecule has 0 aromatic heterocycles. The molecule has 1 N–H and O–H groups in total. The number of carbonyl (C=O) groups excluding carboxylic acids is 3. The molecule has 1 fully saturated rings. The van der Waals surface area contributed by atoms with Crippen molar-refractivity contribution in [3.8, 4) is 0 Å². The normalized spacial score (nSPS) is 16.9. The minimum atomic E-state index is -0.391. The molecule has 1 saturated heterocycles. The zero-order valence-electron chi connectivity index (χ0n) is 13.2. The maximum atomic E-state index is 11.9. The Bertz CT molecular complexity index is 585. The molecule has 0 saturated carbocycles. The van der Waals surface area contributed by atoms with E-state index in [1.54, 1.807) is 38.2 Å². The maximum Gasteiger partial charge on any atom is 0.409 e. The van der Waals surface area contributed by atoms with Crippen molar-refractivity contribution in [1.82, 2.24) is 4.90 Å². The molecule has 1 aromatic carbocycles. The number of nitrogens with zero attached hydrogens (tertiary/aromatic N) is 1. The SMILES string of the molecule is CCOC(=O)c1ccc(NC(=O)CCC2CN(C)C(=O)O2)cc1. The van der Waals surface area contributed by atoms with Gasteiger partial charge in [-0.25, -0.2) is 9.59 Å². The van der Waals surface area contributed by atoms with Crippen molar-refractivity contribution < 1.29 is 23.9 Å². The highest BCUT2D eigenvalue weighted by atomic mass is 16.6. The Balaban J connectivity index is 1.79. The van der Waals surface area contributed by atoms with Crippen LogP contribution in [0.1, 0.15) is 30.1 Å². The van der Waals surface area contributed by atoms with Gasteiger partial charge in [-0.15, -0.1) is 0 Å². The molecule has 1 aromatic rings. The highest BCUT2D eigenvalue weighted by Gasteiger charge is 2.28. The fourth-order valence-corrected chi connectivity index (χ4v) is 2.22. The summed E-state index contributed by atoms with van der Waals surface area (Å²) in [5.41, 5.74) is 1.04. The molecule has 7 nitrogen and oxygen atoms in total. The topological polar surface area (TPSA) is 84.9 Å². The van der Waals surface area contributed by atoms with E-state index in [0.29, 0.717) is 30.8 Å². The lowest BCUT2D eigenvalue weighted by Crippen LogP contribution is -2.20. The van der Waals surface area contributed by atoms with Gasteiger partial charge in [0.2, 0.25) is 5.91 Å². The van der Waals surface area contributed by atoms with E-state index in [1.165, 1.54) is 4.90 Å². The Labute approximate surface area is 134 Å². The molecule has 1 atom stereocenters. The fraction of sp³-hybridized carbons (Fsp3) is 0.438. The lowest BCUT2D eigenvalue weighted by molar-refractivity contribution is -0.116. The Kier molecular flexibility index (Phi) is 5.56. The molecule has 0 aliphatic carbocycles. The molecule has 124 valence electrons. The smallest absolute Gasteiger partial charge is 0.409 e. The number of ether oxygens (including phenoxy) is 2. The highest BCUT2D eigenvalue weighted by molar-refractivity contribution is 5.93. The van der Waals surface area contributed by atoms with E-state index in [4.69, 9.17) is 9.47 Å². The third-order valence-corrected chi connectivity index (χ3v) is 3.43. The first-order valence-electron chi connectivity index (χ1n) is 7.48. The van der Waals surface area contributed by atoms with Crippen LogP contribution in [0, 0.1) is 0 Å². The summed E-state index contributed by atoms with van der Waals surface area (Å²) >= 11 is 0. The fourth-order valence-electron chi connectivity index (χ4n) is 2.22. The number of benzene rings is 1. The molecule has 0 spiro atoms. The van der Waals surface area contributed by atoms with Gasteiger partial charge in [0.05, 0.1) is 18.7 Å². The third kappa shape index (κ3) is 4.70.